The molecule has 86 heavy (non-hydrogen) atoms. The van der Waals surface area contributed by atoms with E-state index < -0.39 is 6.10 Å². The summed E-state index contributed by atoms with van der Waals surface area (Å²) >= 11 is 0. The molecule has 0 saturated carbocycles. The predicted octanol–water partition coefficient (Wildman–Crippen LogP) is 26.5. The number of rotatable bonds is 70. The second-order valence-corrected chi connectivity index (χ2v) is 25.3. The number of carbonyl (C=O) groups is 2. The van der Waals surface area contributed by atoms with E-state index >= 15 is 0 Å². The molecule has 0 fully saturated rings. The van der Waals surface area contributed by atoms with Gasteiger partial charge in [-0.15, -0.1) is 0 Å². The van der Waals surface area contributed by atoms with Crippen molar-refractivity contribution in [2.24, 2.45) is 0 Å². The summed E-state index contributed by atoms with van der Waals surface area (Å²) in [5.41, 5.74) is 0. The van der Waals surface area contributed by atoms with Gasteiger partial charge in [0.1, 0.15) is 6.61 Å². The van der Waals surface area contributed by atoms with Gasteiger partial charge in [-0.1, -0.05) is 374 Å². The highest BCUT2D eigenvalue weighted by Crippen LogP contribution is 2.19. The lowest BCUT2D eigenvalue weighted by Gasteiger charge is -2.15. The van der Waals surface area contributed by atoms with Crippen LogP contribution in [0.15, 0.2) is 97.2 Å². The van der Waals surface area contributed by atoms with E-state index in [1.807, 2.05) is 0 Å². The number of hydrogen-bond donors (Lipinski definition) is 1. The van der Waals surface area contributed by atoms with E-state index in [-0.39, 0.29) is 25.2 Å². The standard InChI is InChI=1S/C81H144O5/c1-3-5-7-9-11-13-15-17-19-21-23-25-27-29-31-33-35-37-38-39-40-41-42-44-45-47-49-51-53-55-57-59-61-63-65-67-69-71-73-75-80(83)85-78-79(77-82)86-81(84)76-74-72-70-68-66-64-62-60-58-56-54-52-50-48-46-43-36-34-32-30-28-26-24-22-20-18-16-14-12-10-8-6-4-2/h6,8,12,14-15,17-18,20-21,23-24,26-27,29-30,32,79,82H,3-5,7,9-11,13,16,19,22,25,28,31,33-78H2,1-2H3/b8-6-,14-12-,17-15-,20-18-,23-21-,26-24-,29-27-,32-30-. The number of aliphatic hydroxyl groups excluding tert-OH is 1. The summed E-state index contributed by atoms with van der Waals surface area (Å²) < 4.78 is 10.8. The van der Waals surface area contributed by atoms with E-state index in [9.17, 15) is 14.7 Å². The number of unbranched alkanes of at least 4 members (excludes halogenated alkanes) is 46. The van der Waals surface area contributed by atoms with Crippen LogP contribution in [0.1, 0.15) is 386 Å². The maximum Gasteiger partial charge on any atom is 0.306 e. The van der Waals surface area contributed by atoms with Gasteiger partial charge in [0.15, 0.2) is 6.10 Å². The Morgan fingerprint density at radius 1 is 0.279 bits per heavy atom. The Morgan fingerprint density at radius 2 is 0.500 bits per heavy atom. The summed E-state index contributed by atoms with van der Waals surface area (Å²) in [6, 6.07) is 0. The largest absolute Gasteiger partial charge is 0.462 e. The number of esters is 2. The molecule has 0 aliphatic carbocycles. The zero-order chi connectivity index (χ0) is 61.9. The van der Waals surface area contributed by atoms with Gasteiger partial charge in [0.2, 0.25) is 0 Å². The van der Waals surface area contributed by atoms with Crippen molar-refractivity contribution in [3.05, 3.63) is 97.2 Å². The lowest BCUT2D eigenvalue weighted by molar-refractivity contribution is -0.161. The van der Waals surface area contributed by atoms with Crippen LogP contribution in [0.3, 0.4) is 0 Å². The smallest absolute Gasteiger partial charge is 0.306 e. The van der Waals surface area contributed by atoms with Crippen molar-refractivity contribution in [2.45, 2.75) is 392 Å². The third-order valence-electron chi connectivity index (χ3n) is 16.9. The van der Waals surface area contributed by atoms with E-state index in [1.165, 1.54) is 276 Å². The Labute approximate surface area is 536 Å². The number of aliphatic hydroxyl groups is 1. The fourth-order valence-electron chi connectivity index (χ4n) is 11.2. The molecular formula is C81H144O5. The third-order valence-corrected chi connectivity index (χ3v) is 16.9. The summed E-state index contributed by atoms with van der Waals surface area (Å²) in [5.74, 6) is -0.573. The average molecular weight is 1200 g/mol. The Hall–Kier alpha value is -3.18. The molecule has 0 aliphatic heterocycles. The van der Waals surface area contributed by atoms with Crippen LogP contribution >= 0.6 is 0 Å². The first-order chi connectivity index (χ1) is 42.6. The molecule has 1 N–H and O–H groups in total. The summed E-state index contributed by atoms with van der Waals surface area (Å²) in [7, 11) is 0. The lowest BCUT2D eigenvalue weighted by Crippen LogP contribution is -2.28. The molecule has 1 atom stereocenters. The third kappa shape index (κ3) is 73.3. The molecule has 5 heteroatoms. The first-order valence-corrected chi connectivity index (χ1v) is 37.8. The van der Waals surface area contributed by atoms with Gasteiger partial charge in [0.05, 0.1) is 6.61 Å². The zero-order valence-electron chi connectivity index (χ0n) is 57.3. The molecule has 0 aromatic heterocycles. The average Bonchev–Trinajstić information content (AvgIpc) is 3.55. The molecule has 498 valence electrons. The van der Waals surface area contributed by atoms with Crippen LogP contribution in [0.5, 0.6) is 0 Å². The van der Waals surface area contributed by atoms with Gasteiger partial charge >= 0.3 is 11.9 Å². The number of ether oxygens (including phenoxy) is 2. The minimum Gasteiger partial charge on any atom is -0.462 e. The van der Waals surface area contributed by atoms with Crippen molar-refractivity contribution in [3.63, 3.8) is 0 Å². The van der Waals surface area contributed by atoms with Crippen molar-refractivity contribution in [1.82, 2.24) is 0 Å². The van der Waals surface area contributed by atoms with E-state index in [0.29, 0.717) is 12.8 Å². The Morgan fingerprint density at radius 3 is 0.756 bits per heavy atom. The second-order valence-electron chi connectivity index (χ2n) is 25.3. The number of hydrogen-bond acceptors (Lipinski definition) is 5. The predicted molar refractivity (Wildman–Crippen MR) is 380 cm³/mol. The first-order valence-electron chi connectivity index (χ1n) is 37.8. The molecule has 0 radical (unpaired) electrons. The lowest BCUT2D eigenvalue weighted by atomic mass is 10.0. The molecule has 0 bridgehead atoms. The first kappa shape index (κ1) is 82.8. The highest BCUT2D eigenvalue weighted by Gasteiger charge is 2.16. The highest BCUT2D eigenvalue weighted by molar-refractivity contribution is 5.70. The molecule has 0 aromatic carbocycles. The highest BCUT2D eigenvalue weighted by atomic mass is 16.6. The Balaban J connectivity index is 3.41. The van der Waals surface area contributed by atoms with Gasteiger partial charge in [-0.25, -0.2) is 0 Å². The maximum absolute atomic E-state index is 12.4. The van der Waals surface area contributed by atoms with Crippen molar-refractivity contribution < 1.29 is 24.2 Å². The monoisotopic (exact) mass is 1200 g/mol. The second kappa shape index (κ2) is 76.1. The molecule has 0 rings (SSSR count). The number of allylic oxidation sites excluding steroid dienone is 16. The summed E-state index contributed by atoms with van der Waals surface area (Å²) in [6.45, 7) is 4.06. The van der Waals surface area contributed by atoms with Crippen molar-refractivity contribution in [1.29, 1.82) is 0 Å². The fourth-order valence-corrected chi connectivity index (χ4v) is 11.2. The molecule has 1 unspecified atom stereocenters. The quantitative estimate of drug-likeness (QED) is 0.0373. The Kier molecular flexibility index (Phi) is 73.3. The molecule has 0 amide bonds. The van der Waals surface area contributed by atoms with Crippen LogP contribution in [0, 0.1) is 0 Å². The molecule has 0 heterocycles. The van der Waals surface area contributed by atoms with E-state index in [1.54, 1.807) is 0 Å². The van der Waals surface area contributed by atoms with Gasteiger partial charge in [-0.05, 0) is 96.3 Å². The van der Waals surface area contributed by atoms with Crippen LogP contribution in [0.25, 0.3) is 0 Å². The summed E-state index contributed by atoms with van der Waals surface area (Å²) in [4.78, 5) is 24.7. The van der Waals surface area contributed by atoms with Crippen LogP contribution in [0.2, 0.25) is 0 Å². The van der Waals surface area contributed by atoms with Crippen LogP contribution in [0.4, 0.5) is 0 Å². The zero-order valence-corrected chi connectivity index (χ0v) is 57.3. The van der Waals surface area contributed by atoms with Gasteiger partial charge in [0, 0.05) is 12.8 Å². The molecule has 0 saturated heterocycles. The van der Waals surface area contributed by atoms with E-state index in [0.717, 1.165) is 83.5 Å². The minimum atomic E-state index is -0.775. The summed E-state index contributed by atoms with van der Waals surface area (Å²) in [5, 5.41) is 9.72. The molecule has 0 aromatic rings. The van der Waals surface area contributed by atoms with E-state index in [4.69, 9.17) is 9.47 Å². The van der Waals surface area contributed by atoms with Gasteiger partial charge in [-0.2, -0.15) is 0 Å². The molecule has 0 aliphatic rings. The summed E-state index contributed by atoms with van der Waals surface area (Å²) in [6.07, 6.45) is 109. The van der Waals surface area contributed by atoms with E-state index in [2.05, 4.69) is 111 Å². The van der Waals surface area contributed by atoms with Crippen molar-refractivity contribution in [3.8, 4) is 0 Å². The van der Waals surface area contributed by atoms with Gasteiger partial charge in [-0.3, -0.25) is 9.59 Å². The normalized spacial score (nSPS) is 12.7. The fraction of sp³-hybridized carbons (Fsp3) is 0.778. The maximum atomic E-state index is 12.4. The molecular weight excluding hydrogens is 1050 g/mol. The van der Waals surface area contributed by atoms with Crippen LogP contribution in [-0.4, -0.2) is 36.4 Å². The minimum absolute atomic E-state index is 0.0635. The Bertz CT molecular complexity index is 1600. The number of carbonyl (C=O) groups excluding carboxylic acids is 2. The van der Waals surface area contributed by atoms with Crippen LogP contribution in [-0.2, 0) is 19.1 Å². The van der Waals surface area contributed by atoms with Gasteiger partial charge in [0.25, 0.3) is 0 Å². The van der Waals surface area contributed by atoms with Gasteiger partial charge < -0.3 is 14.6 Å². The molecule has 5 nitrogen and oxygen atoms in total. The topological polar surface area (TPSA) is 72.8 Å². The van der Waals surface area contributed by atoms with Crippen molar-refractivity contribution in [2.75, 3.05) is 13.2 Å². The SMILES string of the molecule is CC/C=C\C/C=C\C/C=C\C/C=C\C/C=C\CCCCCCCCCCCCCCCCCCCC(=O)OC(CO)COC(=O)CCCCCCCCCCCCCCCCCCCCCCCCCC/C=C\C/C=C\C/C=C\CCCCCCC. The molecule has 0 spiro atoms. The van der Waals surface area contributed by atoms with Crippen molar-refractivity contribution >= 4 is 11.9 Å². The van der Waals surface area contributed by atoms with Crippen LogP contribution < -0.4 is 0 Å².